The summed E-state index contributed by atoms with van der Waals surface area (Å²) in [5.74, 6) is 0.709. The van der Waals surface area contributed by atoms with Crippen molar-refractivity contribution in [1.82, 2.24) is 0 Å². The Morgan fingerprint density at radius 1 is 1.32 bits per heavy atom. The van der Waals surface area contributed by atoms with Crippen LogP contribution in [-0.2, 0) is 15.3 Å². The maximum atomic E-state index is 12.0. The second-order valence-corrected chi connectivity index (χ2v) is 6.66. The molecule has 2 rings (SSSR count). The number of hydrogen-bond donors (Lipinski definition) is 1. The van der Waals surface area contributed by atoms with Gasteiger partial charge >= 0.3 is 5.97 Å². The molecule has 0 unspecified atom stereocenters. The number of thioether (sulfide) groups is 1. The van der Waals surface area contributed by atoms with Gasteiger partial charge in [0.15, 0.2) is 0 Å². The Balaban J connectivity index is 1.91. The van der Waals surface area contributed by atoms with E-state index in [-0.39, 0.29) is 5.91 Å². The Morgan fingerprint density at radius 3 is 2.82 bits per heavy atom. The lowest BCUT2D eigenvalue weighted by molar-refractivity contribution is -0.113. The first-order chi connectivity index (χ1) is 10.6. The van der Waals surface area contributed by atoms with Gasteiger partial charge in [-0.25, -0.2) is 4.79 Å². The molecule has 6 heteroatoms. The molecule has 0 aliphatic carbocycles. The van der Waals surface area contributed by atoms with Gasteiger partial charge in [-0.15, -0.1) is 23.1 Å². The predicted molar refractivity (Wildman–Crippen MR) is 91.6 cm³/mol. The van der Waals surface area contributed by atoms with Crippen LogP contribution in [0.25, 0.3) is 0 Å². The molecule has 0 aliphatic rings. The van der Waals surface area contributed by atoms with E-state index in [9.17, 15) is 9.59 Å². The van der Waals surface area contributed by atoms with Crippen LogP contribution in [0, 0.1) is 6.92 Å². The van der Waals surface area contributed by atoms with Gasteiger partial charge in [0.25, 0.3) is 0 Å². The fourth-order valence-electron chi connectivity index (χ4n) is 1.83. The summed E-state index contributed by atoms with van der Waals surface area (Å²) >= 11 is 3.25. The fourth-order valence-corrected chi connectivity index (χ4v) is 3.50. The van der Waals surface area contributed by atoms with Crippen LogP contribution in [0.1, 0.15) is 20.8 Å². The van der Waals surface area contributed by atoms with Gasteiger partial charge in [0, 0.05) is 16.3 Å². The summed E-state index contributed by atoms with van der Waals surface area (Å²) in [5, 5.41) is 4.87. The van der Waals surface area contributed by atoms with Crippen molar-refractivity contribution in [2.45, 2.75) is 12.7 Å². The van der Waals surface area contributed by atoms with E-state index in [0.717, 1.165) is 11.3 Å². The minimum Gasteiger partial charge on any atom is -0.465 e. The molecule has 1 aromatic carbocycles. The molecular formula is C16H17NO3S2. The van der Waals surface area contributed by atoms with Crippen LogP contribution in [0.4, 0.5) is 5.69 Å². The second-order valence-electron chi connectivity index (χ2n) is 4.64. The molecule has 22 heavy (non-hydrogen) atoms. The van der Waals surface area contributed by atoms with Crippen molar-refractivity contribution in [3.63, 3.8) is 0 Å². The maximum absolute atomic E-state index is 12.0. The number of thiophene rings is 1. The molecule has 0 saturated heterocycles. The minimum absolute atomic E-state index is 0.0772. The molecule has 0 saturated carbocycles. The number of benzene rings is 1. The van der Waals surface area contributed by atoms with Gasteiger partial charge in [0.1, 0.15) is 0 Å². The number of anilines is 1. The van der Waals surface area contributed by atoms with E-state index in [4.69, 9.17) is 0 Å². The number of nitrogens with one attached hydrogen (secondary N) is 1. The predicted octanol–water partition coefficient (Wildman–Crippen LogP) is 3.72. The van der Waals surface area contributed by atoms with E-state index in [0.29, 0.717) is 17.0 Å². The number of amides is 1. The van der Waals surface area contributed by atoms with E-state index in [1.165, 1.54) is 12.0 Å². The molecule has 1 amide bonds. The largest absolute Gasteiger partial charge is 0.465 e. The van der Waals surface area contributed by atoms with Crippen molar-refractivity contribution >= 4 is 40.7 Å². The van der Waals surface area contributed by atoms with Crippen LogP contribution in [-0.4, -0.2) is 24.7 Å². The second kappa shape index (κ2) is 8.00. The maximum Gasteiger partial charge on any atom is 0.337 e. The molecule has 0 aliphatic heterocycles. The smallest absolute Gasteiger partial charge is 0.337 e. The van der Waals surface area contributed by atoms with E-state index < -0.39 is 5.97 Å². The SMILES string of the molecule is COC(=O)c1ccc(C)c(NC(=O)CSCc2cccs2)c1. The van der Waals surface area contributed by atoms with Crippen molar-refractivity contribution < 1.29 is 14.3 Å². The van der Waals surface area contributed by atoms with Crippen LogP contribution >= 0.6 is 23.1 Å². The lowest BCUT2D eigenvalue weighted by Gasteiger charge is -2.10. The number of methoxy groups -OCH3 is 1. The summed E-state index contributed by atoms with van der Waals surface area (Å²) in [6.07, 6.45) is 0. The molecule has 1 aromatic heterocycles. The number of aryl methyl sites for hydroxylation is 1. The van der Waals surface area contributed by atoms with Gasteiger partial charge in [0.05, 0.1) is 18.4 Å². The van der Waals surface area contributed by atoms with Crippen LogP contribution < -0.4 is 5.32 Å². The topological polar surface area (TPSA) is 55.4 Å². The molecule has 116 valence electrons. The van der Waals surface area contributed by atoms with Gasteiger partial charge in [0.2, 0.25) is 5.91 Å². The third-order valence-corrected chi connectivity index (χ3v) is 5.03. The van der Waals surface area contributed by atoms with Crippen LogP contribution in [0.15, 0.2) is 35.7 Å². The molecule has 0 bridgehead atoms. The minimum atomic E-state index is -0.414. The third-order valence-electron chi connectivity index (χ3n) is 2.99. The van der Waals surface area contributed by atoms with E-state index in [2.05, 4.69) is 16.1 Å². The molecule has 0 radical (unpaired) electrons. The Kier molecular flexibility index (Phi) is 6.03. The summed E-state index contributed by atoms with van der Waals surface area (Å²) in [7, 11) is 1.33. The number of carbonyl (C=O) groups is 2. The highest BCUT2D eigenvalue weighted by atomic mass is 32.2. The van der Waals surface area contributed by atoms with Crippen molar-refractivity contribution in [3.05, 3.63) is 51.7 Å². The van der Waals surface area contributed by atoms with Crippen molar-refractivity contribution in [1.29, 1.82) is 0 Å². The molecule has 0 atom stereocenters. The average molecular weight is 335 g/mol. The highest BCUT2D eigenvalue weighted by Crippen LogP contribution is 2.20. The van der Waals surface area contributed by atoms with E-state index in [1.54, 1.807) is 41.3 Å². The van der Waals surface area contributed by atoms with E-state index >= 15 is 0 Å². The molecule has 4 nitrogen and oxygen atoms in total. The zero-order valence-corrected chi connectivity index (χ0v) is 14.1. The zero-order chi connectivity index (χ0) is 15.9. The summed E-state index contributed by atoms with van der Waals surface area (Å²) in [4.78, 5) is 24.8. The Hall–Kier alpha value is -1.79. The highest BCUT2D eigenvalue weighted by Gasteiger charge is 2.10. The number of esters is 1. The average Bonchev–Trinajstić information content (AvgIpc) is 3.02. The fraction of sp³-hybridized carbons (Fsp3) is 0.250. The van der Waals surface area contributed by atoms with Crippen LogP contribution in [0.2, 0.25) is 0 Å². The Bertz CT molecular complexity index is 653. The molecular weight excluding hydrogens is 318 g/mol. The van der Waals surface area contributed by atoms with Crippen molar-refractivity contribution in [2.75, 3.05) is 18.2 Å². The van der Waals surface area contributed by atoms with Gasteiger partial charge < -0.3 is 10.1 Å². The standard InChI is InChI=1S/C16H17NO3S2/c1-11-5-6-12(16(19)20-2)8-14(11)17-15(18)10-21-9-13-4-3-7-22-13/h3-8H,9-10H2,1-2H3,(H,17,18). The number of rotatable bonds is 6. The number of carbonyl (C=O) groups excluding carboxylic acids is 2. The van der Waals surface area contributed by atoms with Crippen LogP contribution in [0.5, 0.6) is 0 Å². The molecule has 1 N–H and O–H groups in total. The summed E-state index contributed by atoms with van der Waals surface area (Å²) in [6, 6.07) is 9.17. The molecule has 1 heterocycles. The summed E-state index contributed by atoms with van der Waals surface area (Å²) < 4.78 is 4.69. The quantitative estimate of drug-likeness (QED) is 0.818. The zero-order valence-electron chi connectivity index (χ0n) is 12.4. The number of hydrogen-bond acceptors (Lipinski definition) is 5. The third kappa shape index (κ3) is 4.61. The first-order valence-corrected chi connectivity index (χ1v) is 8.72. The van der Waals surface area contributed by atoms with E-state index in [1.807, 2.05) is 18.4 Å². The molecule has 0 spiro atoms. The van der Waals surface area contributed by atoms with Gasteiger partial charge in [-0.2, -0.15) is 0 Å². The first-order valence-electron chi connectivity index (χ1n) is 6.69. The lowest BCUT2D eigenvalue weighted by atomic mass is 10.1. The number of ether oxygens (including phenoxy) is 1. The highest BCUT2D eigenvalue weighted by molar-refractivity contribution is 7.99. The Morgan fingerprint density at radius 2 is 2.14 bits per heavy atom. The van der Waals surface area contributed by atoms with Gasteiger partial charge in [-0.1, -0.05) is 12.1 Å². The van der Waals surface area contributed by atoms with Gasteiger partial charge in [-0.3, -0.25) is 4.79 Å². The summed E-state index contributed by atoms with van der Waals surface area (Å²) in [5.41, 5.74) is 1.98. The summed E-state index contributed by atoms with van der Waals surface area (Å²) in [6.45, 7) is 1.88. The van der Waals surface area contributed by atoms with Gasteiger partial charge in [-0.05, 0) is 36.1 Å². The van der Waals surface area contributed by atoms with Crippen molar-refractivity contribution in [3.8, 4) is 0 Å². The molecule has 0 fully saturated rings. The lowest BCUT2D eigenvalue weighted by Crippen LogP contribution is -2.15. The molecule has 2 aromatic rings. The monoisotopic (exact) mass is 335 g/mol. The first kappa shape index (κ1) is 16.6. The van der Waals surface area contributed by atoms with Crippen molar-refractivity contribution in [2.24, 2.45) is 0 Å². The Labute approximate surface area is 137 Å². The normalized spacial score (nSPS) is 10.3. The van der Waals surface area contributed by atoms with Crippen LogP contribution in [0.3, 0.4) is 0 Å².